The third kappa shape index (κ3) is 2.34. The van der Waals surface area contributed by atoms with Gasteiger partial charge in [-0.2, -0.15) is 5.26 Å². The third-order valence-electron chi connectivity index (χ3n) is 4.02. The second-order valence-electron chi connectivity index (χ2n) is 5.23. The van der Waals surface area contributed by atoms with Crippen molar-refractivity contribution in [2.75, 3.05) is 18.0 Å². The van der Waals surface area contributed by atoms with Gasteiger partial charge in [-0.25, -0.2) is 0 Å². The third-order valence-corrected chi connectivity index (χ3v) is 4.02. The number of hydrogen-bond acceptors (Lipinski definition) is 3. The lowest BCUT2D eigenvalue weighted by Gasteiger charge is -2.41. The van der Waals surface area contributed by atoms with Crippen LogP contribution in [0.4, 0.5) is 5.69 Å². The number of aryl methyl sites for hydroxylation is 1. The van der Waals surface area contributed by atoms with Crippen LogP contribution < -0.4 is 10.6 Å². The lowest BCUT2D eigenvalue weighted by Crippen LogP contribution is -2.48. The van der Waals surface area contributed by atoms with Crippen LogP contribution in [0.15, 0.2) is 18.2 Å². The Morgan fingerprint density at radius 1 is 1.50 bits per heavy atom. The van der Waals surface area contributed by atoms with Crippen LogP contribution in [0.3, 0.4) is 0 Å². The standard InChI is InChI=1S/C15H21N3/c1-11-4-3-7-18(15(11)10-17)14-6-5-13(9-16)12(2)8-14/h5-6,8,11,15H,3-4,7,10,17H2,1-2H3. The topological polar surface area (TPSA) is 53.0 Å². The smallest absolute Gasteiger partial charge is 0.0994 e. The number of nitriles is 1. The van der Waals surface area contributed by atoms with Crippen LogP contribution in [0.25, 0.3) is 0 Å². The molecule has 2 N–H and O–H groups in total. The minimum atomic E-state index is 0.422. The molecular formula is C15H21N3. The van der Waals surface area contributed by atoms with Crippen LogP contribution in [-0.2, 0) is 0 Å². The number of nitrogens with two attached hydrogens (primary N) is 1. The van der Waals surface area contributed by atoms with Gasteiger partial charge in [-0.3, -0.25) is 0 Å². The first-order chi connectivity index (χ1) is 8.67. The molecule has 0 amide bonds. The Morgan fingerprint density at radius 2 is 2.28 bits per heavy atom. The molecule has 3 nitrogen and oxygen atoms in total. The largest absolute Gasteiger partial charge is 0.367 e. The van der Waals surface area contributed by atoms with E-state index in [-0.39, 0.29) is 0 Å². The SMILES string of the molecule is Cc1cc(N2CCCC(C)C2CN)ccc1C#N. The van der Waals surface area contributed by atoms with E-state index in [1.54, 1.807) is 0 Å². The highest BCUT2D eigenvalue weighted by Crippen LogP contribution is 2.29. The molecule has 1 aliphatic heterocycles. The molecule has 0 aliphatic carbocycles. The molecule has 1 fully saturated rings. The van der Waals surface area contributed by atoms with E-state index in [2.05, 4.69) is 24.0 Å². The number of hydrogen-bond donors (Lipinski definition) is 1. The number of anilines is 1. The van der Waals surface area contributed by atoms with Gasteiger partial charge in [0.15, 0.2) is 0 Å². The predicted octanol–water partition coefficient (Wildman–Crippen LogP) is 2.43. The molecule has 2 atom stereocenters. The molecule has 0 aromatic heterocycles. The predicted molar refractivity (Wildman–Crippen MR) is 74.5 cm³/mol. The Bertz CT molecular complexity index is 461. The molecule has 0 radical (unpaired) electrons. The van der Waals surface area contributed by atoms with Crippen LogP contribution in [0.5, 0.6) is 0 Å². The van der Waals surface area contributed by atoms with Gasteiger partial charge in [0.2, 0.25) is 0 Å². The van der Waals surface area contributed by atoms with Gasteiger partial charge in [0.05, 0.1) is 11.6 Å². The van der Waals surface area contributed by atoms with Crippen molar-refractivity contribution < 1.29 is 0 Å². The summed E-state index contributed by atoms with van der Waals surface area (Å²) in [5.41, 5.74) is 8.93. The summed E-state index contributed by atoms with van der Waals surface area (Å²) >= 11 is 0. The van der Waals surface area contributed by atoms with Gasteiger partial charge in [0, 0.05) is 24.8 Å². The van der Waals surface area contributed by atoms with Gasteiger partial charge in [0.25, 0.3) is 0 Å². The van der Waals surface area contributed by atoms with Gasteiger partial charge in [-0.15, -0.1) is 0 Å². The number of rotatable bonds is 2. The van der Waals surface area contributed by atoms with Gasteiger partial charge in [-0.1, -0.05) is 6.92 Å². The highest BCUT2D eigenvalue weighted by Gasteiger charge is 2.27. The van der Waals surface area contributed by atoms with Crippen molar-refractivity contribution in [3.63, 3.8) is 0 Å². The van der Waals surface area contributed by atoms with E-state index in [1.807, 2.05) is 19.1 Å². The first-order valence-corrected chi connectivity index (χ1v) is 6.65. The van der Waals surface area contributed by atoms with E-state index in [0.717, 1.165) is 17.7 Å². The molecule has 3 heteroatoms. The maximum atomic E-state index is 8.98. The highest BCUT2D eigenvalue weighted by atomic mass is 15.2. The van der Waals surface area contributed by atoms with Gasteiger partial charge in [-0.05, 0) is 49.4 Å². The summed E-state index contributed by atoms with van der Waals surface area (Å²) in [6.07, 6.45) is 2.48. The molecule has 0 bridgehead atoms. The quantitative estimate of drug-likeness (QED) is 0.868. The Hall–Kier alpha value is -1.53. The Morgan fingerprint density at radius 3 is 2.89 bits per heavy atom. The molecule has 0 saturated carbocycles. The second-order valence-corrected chi connectivity index (χ2v) is 5.23. The van der Waals surface area contributed by atoms with Crippen molar-refractivity contribution in [1.29, 1.82) is 5.26 Å². The van der Waals surface area contributed by atoms with E-state index in [9.17, 15) is 0 Å². The van der Waals surface area contributed by atoms with Crippen LogP contribution in [0.2, 0.25) is 0 Å². The monoisotopic (exact) mass is 243 g/mol. The van der Waals surface area contributed by atoms with Crippen LogP contribution in [-0.4, -0.2) is 19.1 Å². The van der Waals surface area contributed by atoms with Crippen molar-refractivity contribution >= 4 is 5.69 Å². The molecule has 1 aliphatic rings. The highest BCUT2D eigenvalue weighted by molar-refractivity contribution is 5.54. The van der Waals surface area contributed by atoms with Gasteiger partial charge >= 0.3 is 0 Å². The van der Waals surface area contributed by atoms with E-state index in [1.165, 1.54) is 18.5 Å². The van der Waals surface area contributed by atoms with Crippen molar-refractivity contribution in [2.45, 2.75) is 32.7 Å². The minimum absolute atomic E-state index is 0.422. The Balaban J connectivity index is 2.30. The lowest BCUT2D eigenvalue weighted by molar-refractivity contribution is 0.350. The molecule has 1 heterocycles. The summed E-state index contributed by atoms with van der Waals surface area (Å²) in [5, 5.41) is 8.98. The maximum absolute atomic E-state index is 8.98. The fraction of sp³-hybridized carbons (Fsp3) is 0.533. The molecule has 1 aromatic rings. The summed E-state index contributed by atoms with van der Waals surface area (Å²) in [5.74, 6) is 0.639. The summed E-state index contributed by atoms with van der Waals surface area (Å²) in [4.78, 5) is 2.41. The van der Waals surface area contributed by atoms with Crippen molar-refractivity contribution in [3.8, 4) is 6.07 Å². The van der Waals surface area contributed by atoms with Crippen LogP contribution >= 0.6 is 0 Å². The zero-order valence-electron chi connectivity index (χ0n) is 11.2. The molecule has 18 heavy (non-hydrogen) atoms. The number of piperidine rings is 1. The normalized spacial score (nSPS) is 23.8. The average molecular weight is 243 g/mol. The van der Waals surface area contributed by atoms with Crippen molar-refractivity contribution in [3.05, 3.63) is 29.3 Å². The number of nitrogens with zero attached hydrogens (tertiary/aromatic N) is 2. The van der Waals surface area contributed by atoms with Gasteiger partial charge in [0.1, 0.15) is 0 Å². The van der Waals surface area contributed by atoms with Crippen LogP contribution in [0, 0.1) is 24.2 Å². The fourth-order valence-corrected chi connectivity index (χ4v) is 2.88. The van der Waals surface area contributed by atoms with E-state index in [0.29, 0.717) is 18.5 Å². The first-order valence-electron chi connectivity index (χ1n) is 6.65. The summed E-state index contributed by atoms with van der Waals surface area (Å²) in [6.45, 7) is 6.03. The molecule has 96 valence electrons. The molecular weight excluding hydrogens is 222 g/mol. The molecule has 0 spiro atoms. The van der Waals surface area contributed by atoms with Crippen molar-refractivity contribution in [1.82, 2.24) is 0 Å². The van der Waals surface area contributed by atoms with E-state index < -0.39 is 0 Å². The molecule has 1 aromatic carbocycles. The van der Waals surface area contributed by atoms with E-state index in [4.69, 9.17) is 11.0 Å². The Kier molecular flexibility index (Phi) is 3.88. The maximum Gasteiger partial charge on any atom is 0.0994 e. The summed E-state index contributed by atoms with van der Waals surface area (Å²) < 4.78 is 0. The molecule has 2 rings (SSSR count). The number of benzene rings is 1. The second kappa shape index (κ2) is 5.41. The molecule has 1 saturated heterocycles. The molecule has 2 unspecified atom stereocenters. The van der Waals surface area contributed by atoms with Crippen molar-refractivity contribution in [2.24, 2.45) is 11.7 Å². The zero-order chi connectivity index (χ0) is 13.1. The average Bonchev–Trinajstić information content (AvgIpc) is 2.38. The van der Waals surface area contributed by atoms with E-state index >= 15 is 0 Å². The lowest BCUT2D eigenvalue weighted by atomic mass is 9.90. The fourth-order valence-electron chi connectivity index (χ4n) is 2.88. The Labute approximate surface area is 109 Å². The van der Waals surface area contributed by atoms with Crippen LogP contribution in [0.1, 0.15) is 30.9 Å². The minimum Gasteiger partial charge on any atom is -0.367 e. The first kappa shape index (κ1) is 12.9. The summed E-state index contributed by atoms with van der Waals surface area (Å²) in [6, 6.07) is 8.71. The summed E-state index contributed by atoms with van der Waals surface area (Å²) in [7, 11) is 0. The zero-order valence-corrected chi connectivity index (χ0v) is 11.2. The van der Waals surface area contributed by atoms with Gasteiger partial charge < -0.3 is 10.6 Å².